The molecule has 0 amide bonds. The minimum atomic E-state index is 0.221. The molecule has 0 aliphatic carbocycles. The first kappa shape index (κ1) is 14.3. The van der Waals surface area contributed by atoms with Crippen molar-refractivity contribution in [2.24, 2.45) is 7.05 Å². The van der Waals surface area contributed by atoms with Gasteiger partial charge in [0.05, 0.1) is 6.61 Å². The Bertz CT molecular complexity index is 575. The van der Waals surface area contributed by atoms with E-state index in [0.29, 0.717) is 19.4 Å². The molecule has 20 heavy (non-hydrogen) atoms. The Balaban J connectivity index is 1.69. The van der Waals surface area contributed by atoms with Gasteiger partial charge >= 0.3 is 0 Å². The van der Waals surface area contributed by atoms with Crippen LogP contribution in [0, 0.1) is 6.92 Å². The average molecular weight is 272 g/mol. The van der Waals surface area contributed by atoms with E-state index in [4.69, 9.17) is 4.74 Å². The zero-order chi connectivity index (χ0) is 14.4. The molecule has 0 radical (unpaired) electrons. The molecular formula is C16H20N2O2. The van der Waals surface area contributed by atoms with E-state index in [0.717, 1.165) is 23.4 Å². The fraction of sp³-hybridized carbons (Fsp3) is 0.375. The molecule has 0 bridgehead atoms. The molecule has 4 heteroatoms. The van der Waals surface area contributed by atoms with Crippen LogP contribution in [0.2, 0.25) is 0 Å². The monoisotopic (exact) mass is 272 g/mol. The second-order valence-corrected chi connectivity index (χ2v) is 4.90. The second kappa shape index (κ2) is 6.89. The molecule has 106 valence electrons. The third-order valence-electron chi connectivity index (χ3n) is 3.22. The number of aromatic nitrogens is 2. The van der Waals surface area contributed by atoms with Gasteiger partial charge in [0.25, 0.3) is 0 Å². The van der Waals surface area contributed by atoms with E-state index in [1.54, 1.807) is 10.9 Å². The number of carbonyl (C=O) groups is 1. The topological polar surface area (TPSA) is 44.1 Å². The number of rotatable bonds is 7. The number of aryl methyl sites for hydroxylation is 3. The van der Waals surface area contributed by atoms with Crippen LogP contribution in [-0.2, 0) is 18.3 Å². The summed E-state index contributed by atoms with van der Waals surface area (Å²) in [5.74, 6) is 1.04. The maximum Gasteiger partial charge on any atom is 0.136 e. The smallest absolute Gasteiger partial charge is 0.136 e. The predicted octanol–water partition coefficient (Wildman–Crippen LogP) is 2.70. The summed E-state index contributed by atoms with van der Waals surface area (Å²) in [7, 11) is 1.89. The van der Waals surface area contributed by atoms with Gasteiger partial charge in [-0.15, -0.1) is 0 Å². The molecule has 0 saturated heterocycles. The molecule has 1 aromatic carbocycles. The largest absolute Gasteiger partial charge is 0.493 e. The average Bonchev–Trinajstić information content (AvgIpc) is 2.82. The van der Waals surface area contributed by atoms with Gasteiger partial charge in [-0.2, -0.15) is 5.10 Å². The minimum Gasteiger partial charge on any atom is -0.493 e. The van der Waals surface area contributed by atoms with Crippen LogP contribution in [0.25, 0.3) is 0 Å². The van der Waals surface area contributed by atoms with Crippen LogP contribution in [-0.4, -0.2) is 22.2 Å². The summed E-state index contributed by atoms with van der Waals surface area (Å²) in [6.07, 6.45) is 3.48. The van der Waals surface area contributed by atoms with E-state index >= 15 is 0 Å². The number of hydrogen-bond donors (Lipinski definition) is 0. The minimum absolute atomic E-state index is 0.221. The van der Waals surface area contributed by atoms with Crippen molar-refractivity contribution in [1.29, 1.82) is 0 Å². The van der Waals surface area contributed by atoms with E-state index in [2.05, 4.69) is 5.10 Å². The van der Waals surface area contributed by atoms with Crippen molar-refractivity contribution in [3.8, 4) is 5.75 Å². The van der Waals surface area contributed by atoms with Crippen LogP contribution in [0.4, 0.5) is 0 Å². The molecule has 0 aliphatic rings. The first-order valence-corrected chi connectivity index (χ1v) is 6.83. The molecule has 2 aromatic rings. The summed E-state index contributed by atoms with van der Waals surface area (Å²) in [5.41, 5.74) is 2.24. The molecule has 1 heterocycles. The quantitative estimate of drug-likeness (QED) is 0.778. The van der Waals surface area contributed by atoms with Gasteiger partial charge in [0.2, 0.25) is 0 Å². The Kier molecular flexibility index (Phi) is 4.93. The van der Waals surface area contributed by atoms with Crippen molar-refractivity contribution in [3.63, 3.8) is 0 Å². The molecule has 2 rings (SSSR count). The van der Waals surface area contributed by atoms with E-state index in [1.165, 1.54) is 0 Å². The van der Waals surface area contributed by atoms with Gasteiger partial charge in [0, 0.05) is 31.8 Å². The van der Waals surface area contributed by atoms with E-state index in [1.807, 2.05) is 44.3 Å². The molecule has 0 aliphatic heterocycles. The molecule has 0 spiro atoms. The normalized spacial score (nSPS) is 10.5. The number of Topliss-reactive ketones (excluding diaryl/α,β-unsaturated/α-hetero) is 1. The Morgan fingerprint density at radius 2 is 2.15 bits per heavy atom. The highest BCUT2D eigenvalue weighted by atomic mass is 16.5. The van der Waals surface area contributed by atoms with Crippen LogP contribution in [0.15, 0.2) is 36.5 Å². The number of ether oxygens (including phenoxy) is 1. The van der Waals surface area contributed by atoms with E-state index < -0.39 is 0 Å². The summed E-state index contributed by atoms with van der Waals surface area (Å²) < 4.78 is 7.38. The van der Waals surface area contributed by atoms with E-state index in [-0.39, 0.29) is 5.78 Å². The molecule has 1 aromatic heterocycles. The summed E-state index contributed by atoms with van der Waals surface area (Å²) in [6.45, 7) is 2.46. The molecule has 0 fully saturated rings. The third-order valence-corrected chi connectivity index (χ3v) is 3.22. The molecular weight excluding hydrogens is 252 g/mol. The van der Waals surface area contributed by atoms with Crippen LogP contribution >= 0.6 is 0 Å². The zero-order valence-electron chi connectivity index (χ0n) is 12.0. The van der Waals surface area contributed by atoms with Crippen LogP contribution in [0.3, 0.4) is 0 Å². The highest BCUT2D eigenvalue weighted by molar-refractivity contribution is 5.78. The lowest BCUT2D eigenvalue weighted by molar-refractivity contribution is -0.119. The molecule has 4 nitrogen and oxygen atoms in total. The Morgan fingerprint density at radius 3 is 2.85 bits per heavy atom. The number of hydrogen-bond acceptors (Lipinski definition) is 3. The summed E-state index contributed by atoms with van der Waals surface area (Å²) in [6, 6.07) is 9.80. The van der Waals surface area contributed by atoms with Crippen molar-refractivity contribution in [2.45, 2.75) is 26.2 Å². The van der Waals surface area contributed by atoms with Gasteiger partial charge in [0.15, 0.2) is 0 Å². The number of nitrogens with zero attached hydrogens (tertiary/aromatic N) is 2. The lowest BCUT2D eigenvalue weighted by atomic mass is 10.1. The summed E-state index contributed by atoms with van der Waals surface area (Å²) in [5, 5.41) is 4.09. The van der Waals surface area contributed by atoms with Crippen LogP contribution in [0.1, 0.15) is 24.1 Å². The lowest BCUT2D eigenvalue weighted by Crippen LogP contribution is -2.08. The van der Waals surface area contributed by atoms with Crippen molar-refractivity contribution >= 4 is 5.78 Å². The standard InChI is InChI=1S/C16H20N2O2/c1-13-4-3-5-16(12-13)20-11-9-15(19)7-6-14-8-10-17-18(14)2/h3-5,8,10,12H,6-7,9,11H2,1-2H3. The second-order valence-electron chi connectivity index (χ2n) is 4.90. The highest BCUT2D eigenvalue weighted by Crippen LogP contribution is 2.12. The highest BCUT2D eigenvalue weighted by Gasteiger charge is 2.05. The van der Waals surface area contributed by atoms with Crippen molar-refractivity contribution < 1.29 is 9.53 Å². The summed E-state index contributed by atoms with van der Waals surface area (Å²) in [4.78, 5) is 11.8. The predicted molar refractivity (Wildman–Crippen MR) is 77.8 cm³/mol. The van der Waals surface area contributed by atoms with Crippen molar-refractivity contribution in [1.82, 2.24) is 9.78 Å². The number of ketones is 1. The Hall–Kier alpha value is -2.10. The SMILES string of the molecule is Cc1cccc(OCCC(=O)CCc2ccnn2C)c1. The fourth-order valence-corrected chi connectivity index (χ4v) is 2.03. The maximum absolute atomic E-state index is 11.8. The van der Waals surface area contributed by atoms with Crippen LogP contribution in [0.5, 0.6) is 5.75 Å². The Labute approximate surface area is 119 Å². The van der Waals surface area contributed by atoms with Crippen LogP contribution < -0.4 is 4.74 Å². The molecule has 0 unspecified atom stereocenters. The first-order chi connectivity index (χ1) is 9.65. The number of benzene rings is 1. The Morgan fingerprint density at radius 1 is 1.30 bits per heavy atom. The van der Waals surface area contributed by atoms with Crippen molar-refractivity contribution in [2.75, 3.05) is 6.61 Å². The molecule has 0 saturated carbocycles. The number of carbonyl (C=O) groups excluding carboxylic acids is 1. The van der Waals surface area contributed by atoms with E-state index in [9.17, 15) is 4.79 Å². The first-order valence-electron chi connectivity index (χ1n) is 6.83. The molecule has 0 N–H and O–H groups in total. The van der Waals surface area contributed by atoms with Gasteiger partial charge in [0.1, 0.15) is 11.5 Å². The summed E-state index contributed by atoms with van der Waals surface area (Å²) >= 11 is 0. The maximum atomic E-state index is 11.8. The third kappa shape index (κ3) is 4.23. The van der Waals surface area contributed by atoms with Gasteiger partial charge < -0.3 is 4.74 Å². The van der Waals surface area contributed by atoms with Gasteiger partial charge in [-0.3, -0.25) is 9.48 Å². The van der Waals surface area contributed by atoms with Gasteiger partial charge in [-0.1, -0.05) is 12.1 Å². The van der Waals surface area contributed by atoms with Gasteiger partial charge in [-0.25, -0.2) is 0 Å². The molecule has 0 atom stereocenters. The zero-order valence-corrected chi connectivity index (χ0v) is 12.0. The van der Waals surface area contributed by atoms with Gasteiger partial charge in [-0.05, 0) is 37.1 Å². The lowest BCUT2D eigenvalue weighted by Gasteiger charge is -2.06. The van der Waals surface area contributed by atoms with Crippen molar-refractivity contribution in [3.05, 3.63) is 47.8 Å². The fourth-order valence-electron chi connectivity index (χ4n) is 2.03.